The van der Waals surface area contributed by atoms with E-state index in [2.05, 4.69) is 5.32 Å². The molecule has 0 aromatic heterocycles. The van der Waals surface area contributed by atoms with E-state index in [0.29, 0.717) is 5.56 Å². The number of halogens is 2. The zero-order chi connectivity index (χ0) is 15.6. The number of rotatable bonds is 3. The topological polar surface area (TPSA) is 63.2 Å². The van der Waals surface area contributed by atoms with Crippen LogP contribution in [-0.4, -0.2) is 20.4 Å². The fourth-order valence-corrected chi connectivity index (χ4v) is 4.05. The summed E-state index contributed by atoms with van der Waals surface area (Å²) in [6.07, 6.45) is 5.29. The first-order valence-electron chi connectivity index (χ1n) is 6.84. The third-order valence-electron chi connectivity index (χ3n) is 3.76. The van der Waals surface area contributed by atoms with Crippen LogP contribution < -0.4 is 5.32 Å². The first kappa shape index (κ1) is 16.6. The lowest BCUT2D eigenvalue weighted by Crippen LogP contribution is -2.36. The van der Waals surface area contributed by atoms with Gasteiger partial charge in [-0.05, 0) is 37.5 Å². The Morgan fingerprint density at radius 3 is 2.43 bits per heavy atom. The molecule has 21 heavy (non-hydrogen) atoms. The van der Waals surface area contributed by atoms with Crippen molar-refractivity contribution in [3.05, 3.63) is 28.3 Å². The molecule has 1 amide bonds. The van der Waals surface area contributed by atoms with E-state index in [1.165, 1.54) is 18.6 Å². The van der Waals surface area contributed by atoms with Crippen molar-refractivity contribution in [2.75, 3.05) is 0 Å². The number of benzene rings is 1. The molecule has 1 saturated carbocycles. The third kappa shape index (κ3) is 4.11. The highest BCUT2D eigenvalue weighted by atomic mass is 35.7. The number of carbonyl (C=O) groups excluding carboxylic acids is 1. The van der Waals surface area contributed by atoms with Gasteiger partial charge in [0.2, 0.25) is 0 Å². The van der Waals surface area contributed by atoms with Crippen LogP contribution in [0.4, 0.5) is 0 Å². The van der Waals surface area contributed by atoms with Gasteiger partial charge in [0.05, 0.1) is 4.90 Å². The smallest absolute Gasteiger partial charge is 0.261 e. The van der Waals surface area contributed by atoms with Crippen molar-refractivity contribution >= 4 is 37.2 Å². The normalized spacial score (nSPS) is 16.7. The molecule has 1 aromatic rings. The van der Waals surface area contributed by atoms with E-state index < -0.39 is 9.05 Å². The van der Waals surface area contributed by atoms with Crippen LogP contribution >= 0.6 is 22.3 Å². The molecule has 0 saturated heterocycles. The summed E-state index contributed by atoms with van der Waals surface area (Å²) < 4.78 is 23.1. The van der Waals surface area contributed by atoms with Crippen LogP contribution in [0.15, 0.2) is 17.0 Å². The molecule has 0 radical (unpaired) electrons. The predicted molar refractivity (Wildman–Crippen MR) is 83.6 cm³/mol. The number of hydrogen-bond donors (Lipinski definition) is 1. The summed E-state index contributed by atoms with van der Waals surface area (Å²) in [5.41, 5.74) is 0.566. The van der Waals surface area contributed by atoms with Gasteiger partial charge in [0, 0.05) is 27.3 Å². The van der Waals surface area contributed by atoms with E-state index in [9.17, 15) is 13.2 Å². The molecular formula is C14H17Cl2NO3S. The molecule has 1 aliphatic carbocycles. The van der Waals surface area contributed by atoms with Crippen LogP contribution in [-0.2, 0) is 9.05 Å². The average Bonchev–Trinajstić information content (AvgIpc) is 2.41. The van der Waals surface area contributed by atoms with Crippen molar-refractivity contribution in [2.24, 2.45) is 0 Å². The second kappa shape index (κ2) is 6.55. The van der Waals surface area contributed by atoms with Gasteiger partial charge in [-0.1, -0.05) is 30.9 Å². The Kier molecular flexibility index (Phi) is 5.17. The molecule has 7 heteroatoms. The second-order valence-corrected chi connectivity index (χ2v) is 8.27. The molecule has 0 bridgehead atoms. The SMILES string of the molecule is Cc1c(Cl)cc(C(=O)NC2CCCCC2)cc1S(=O)(=O)Cl. The van der Waals surface area contributed by atoms with Gasteiger partial charge in [-0.15, -0.1) is 0 Å². The molecule has 4 nitrogen and oxygen atoms in total. The molecule has 1 N–H and O–H groups in total. The van der Waals surface area contributed by atoms with E-state index in [1.54, 1.807) is 6.92 Å². The summed E-state index contributed by atoms with van der Waals surface area (Å²) in [5, 5.41) is 3.14. The molecule has 1 aliphatic rings. The van der Waals surface area contributed by atoms with Crippen LogP contribution in [0.2, 0.25) is 5.02 Å². The molecule has 0 atom stereocenters. The lowest BCUT2D eigenvalue weighted by atomic mass is 9.95. The first-order chi connectivity index (χ1) is 9.79. The Morgan fingerprint density at radius 2 is 1.86 bits per heavy atom. The van der Waals surface area contributed by atoms with E-state index >= 15 is 0 Å². The summed E-state index contributed by atoms with van der Waals surface area (Å²) in [5.74, 6) is -0.314. The summed E-state index contributed by atoms with van der Waals surface area (Å²) in [7, 11) is 1.45. The monoisotopic (exact) mass is 349 g/mol. The van der Waals surface area contributed by atoms with Crippen LogP contribution in [0.25, 0.3) is 0 Å². The van der Waals surface area contributed by atoms with Gasteiger partial charge in [0.25, 0.3) is 15.0 Å². The Hall–Kier alpha value is -0.780. The molecule has 1 fully saturated rings. The highest BCUT2D eigenvalue weighted by molar-refractivity contribution is 8.13. The minimum absolute atomic E-state index is 0.120. The summed E-state index contributed by atoms with van der Waals surface area (Å²) >= 11 is 6.01. The Bertz CT molecular complexity index is 652. The van der Waals surface area contributed by atoms with E-state index in [0.717, 1.165) is 25.7 Å². The van der Waals surface area contributed by atoms with Gasteiger partial charge in [-0.3, -0.25) is 4.79 Å². The minimum atomic E-state index is -3.94. The highest BCUT2D eigenvalue weighted by Crippen LogP contribution is 2.28. The third-order valence-corrected chi connectivity index (χ3v) is 5.60. The van der Waals surface area contributed by atoms with E-state index in [-0.39, 0.29) is 27.4 Å². The second-order valence-electron chi connectivity index (χ2n) is 5.33. The zero-order valence-electron chi connectivity index (χ0n) is 11.7. The number of hydrogen-bond acceptors (Lipinski definition) is 3. The summed E-state index contributed by atoms with van der Waals surface area (Å²) in [4.78, 5) is 12.1. The van der Waals surface area contributed by atoms with Gasteiger partial charge in [-0.2, -0.15) is 0 Å². The average molecular weight is 350 g/mol. The Morgan fingerprint density at radius 1 is 1.24 bits per heavy atom. The molecule has 0 unspecified atom stereocenters. The maximum atomic E-state index is 12.2. The van der Waals surface area contributed by atoms with Gasteiger partial charge < -0.3 is 5.32 Å². The molecular weight excluding hydrogens is 333 g/mol. The van der Waals surface area contributed by atoms with Crippen molar-refractivity contribution in [2.45, 2.75) is 50.0 Å². The molecule has 0 heterocycles. The van der Waals surface area contributed by atoms with Gasteiger partial charge in [-0.25, -0.2) is 8.42 Å². The maximum Gasteiger partial charge on any atom is 0.261 e. The minimum Gasteiger partial charge on any atom is -0.349 e. The maximum absolute atomic E-state index is 12.2. The van der Waals surface area contributed by atoms with Crippen LogP contribution in [0.5, 0.6) is 0 Å². The number of nitrogens with one attached hydrogen (secondary N) is 1. The molecule has 0 aliphatic heterocycles. The zero-order valence-corrected chi connectivity index (χ0v) is 14.0. The van der Waals surface area contributed by atoms with Crippen molar-refractivity contribution in [3.8, 4) is 0 Å². The quantitative estimate of drug-likeness (QED) is 0.847. The van der Waals surface area contributed by atoms with Crippen LogP contribution in [0.1, 0.15) is 48.0 Å². The Balaban J connectivity index is 2.27. The molecule has 0 spiro atoms. The standard InChI is InChI=1S/C14H17Cl2NO3S/c1-9-12(15)7-10(8-13(9)21(16,19)20)14(18)17-11-5-3-2-4-6-11/h7-8,11H,2-6H2,1H3,(H,17,18). The Labute approximate surface area is 134 Å². The van der Waals surface area contributed by atoms with Crippen molar-refractivity contribution in [1.29, 1.82) is 0 Å². The van der Waals surface area contributed by atoms with Crippen LogP contribution in [0.3, 0.4) is 0 Å². The predicted octanol–water partition coefficient (Wildman–Crippen LogP) is 3.64. The molecule has 2 rings (SSSR count). The fourth-order valence-electron chi connectivity index (χ4n) is 2.55. The highest BCUT2D eigenvalue weighted by Gasteiger charge is 2.21. The molecule has 116 valence electrons. The number of amides is 1. The van der Waals surface area contributed by atoms with Crippen molar-refractivity contribution in [3.63, 3.8) is 0 Å². The van der Waals surface area contributed by atoms with Crippen molar-refractivity contribution < 1.29 is 13.2 Å². The summed E-state index contributed by atoms with van der Waals surface area (Å²) in [6.45, 7) is 1.56. The number of carbonyl (C=O) groups is 1. The van der Waals surface area contributed by atoms with Crippen molar-refractivity contribution in [1.82, 2.24) is 5.32 Å². The molecule has 1 aromatic carbocycles. The largest absolute Gasteiger partial charge is 0.349 e. The van der Waals surface area contributed by atoms with Crippen LogP contribution in [0, 0.1) is 6.92 Å². The van der Waals surface area contributed by atoms with Gasteiger partial charge >= 0.3 is 0 Å². The fraction of sp³-hybridized carbons (Fsp3) is 0.500. The van der Waals surface area contributed by atoms with E-state index in [1.807, 2.05) is 0 Å². The van der Waals surface area contributed by atoms with E-state index in [4.69, 9.17) is 22.3 Å². The first-order valence-corrected chi connectivity index (χ1v) is 9.53. The lowest BCUT2D eigenvalue weighted by molar-refractivity contribution is 0.0927. The van der Waals surface area contributed by atoms with Gasteiger partial charge in [0.15, 0.2) is 0 Å². The van der Waals surface area contributed by atoms with Gasteiger partial charge in [0.1, 0.15) is 0 Å². The summed E-state index contributed by atoms with van der Waals surface area (Å²) in [6, 6.07) is 2.89. The lowest BCUT2D eigenvalue weighted by Gasteiger charge is -2.23.